The minimum absolute atomic E-state index is 0.363. The summed E-state index contributed by atoms with van der Waals surface area (Å²) >= 11 is 0. The first kappa shape index (κ1) is 21.1. The molecule has 0 fully saturated rings. The summed E-state index contributed by atoms with van der Waals surface area (Å²) in [4.78, 5) is 30.2. The van der Waals surface area contributed by atoms with E-state index in [0.717, 1.165) is 22.3 Å². The first-order valence-corrected chi connectivity index (χ1v) is 10.4. The van der Waals surface area contributed by atoms with Gasteiger partial charge in [-0.05, 0) is 60.4 Å². The molecule has 32 heavy (non-hydrogen) atoms. The molecule has 0 atom stereocenters. The predicted octanol–water partition coefficient (Wildman–Crippen LogP) is 4.59. The van der Waals surface area contributed by atoms with Crippen LogP contribution in [0, 0.1) is 25.2 Å². The third kappa shape index (κ3) is 3.79. The highest BCUT2D eigenvalue weighted by Crippen LogP contribution is 2.35. The second-order valence-corrected chi connectivity index (χ2v) is 7.97. The fraction of sp³-hybridized carbons (Fsp3) is 0.148. The maximum atomic E-state index is 13.6. The van der Waals surface area contributed by atoms with Crippen LogP contribution in [-0.4, -0.2) is 23.8 Å². The van der Waals surface area contributed by atoms with Gasteiger partial charge in [-0.2, -0.15) is 5.26 Å². The Hall–Kier alpha value is -4.17. The third-order valence-corrected chi connectivity index (χ3v) is 5.75. The van der Waals surface area contributed by atoms with E-state index in [-0.39, 0.29) is 11.8 Å². The van der Waals surface area contributed by atoms with Crippen LogP contribution in [0.25, 0.3) is 5.57 Å². The molecule has 0 saturated heterocycles. The van der Waals surface area contributed by atoms with Crippen molar-refractivity contribution in [3.05, 3.63) is 106 Å². The van der Waals surface area contributed by atoms with Crippen molar-refractivity contribution in [3.63, 3.8) is 0 Å². The number of anilines is 1. The van der Waals surface area contributed by atoms with Gasteiger partial charge >= 0.3 is 0 Å². The normalized spacial score (nSPS) is 13.5. The number of nitriles is 1. The molecule has 1 aliphatic rings. The molecule has 5 nitrogen and oxygen atoms in total. The molecule has 0 saturated carbocycles. The zero-order valence-electron chi connectivity index (χ0n) is 18.3. The second kappa shape index (κ2) is 8.52. The van der Waals surface area contributed by atoms with Crippen LogP contribution >= 0.6 is 0 Å². The van der Waals surface area contributed by atoms with Crippen molar-refractivity contribution in [2.45, 2.75) is 20.4 Å². The van der Waals surface area contributed by atoms with Crippen molar-refractivity contribution in [1.29, 1.82) is 5.26 Å². The van der Waals surface area contributed by atoms with Crippen LogP contribution in [0.4, 0.5) is 5.69 Å². The standard InChI is InChI=1S/C27H23N3O2/c1-18-9-12-22(15-19(18)2)24-25(29(3)17-21-7-5-4-6-8-21)27(32)30(26(24)31)23-13-10-20(16-28)11-14-23/h4-15H,17H2,1-3H3. The first-order chi connectivity index (χ1) is 15.4. The van der Waals surface area contributed by atoms with Crippen LogP contribution < -0.4 is 4.90 Å². The van der Waals surface area contributed by atoms with Gasteiger partial charge in [-0.1, -0.05) is 48.5 Å². The fourth-order valence-corrected chi connectivity index (χ4v) is 3.89. The number of carbonyl (C=O) groups excluding carboxylic acids is 2. The van der Waals surface area contributed by atoms with E-state index >= 15 is 0 Å². The number of aryl methyl sites for hydroxylation is 2. The first-order valence-electron chi connectivity index (χ1n) is 10.4. The van der Waals surface area contributed by atoms with Crippen molar-refractivity contribution in [1.82, 2.24) is 4.90 Å². The topological polar surface area (TPSA) is 64.4 Å². The summed E-state index contributed by atoms with van der Waals surface area (Å²) < 4.78 is 0. The fourth-order valence-electron chi connectivity index (χ4n) is 3.89. The van der Waals surface area contributed by atoms with E-state index in [1.807, 2.05) is 74.3 Å². The van der Waals surface area contributed by atoms with Crippen molar-refractivity contribution >= 4 is 23.1 Å². The molecule has 0 aliphatic carbocycles. The second-order valence-electron chi connectivity index (χ2n) is 7.97. The van der Waals surface area contributed by atoms with Gasteiger partial charge in [0.05, 0.1) is 22.9 Å². The molecule has 3 aromatic rings. The van der Waals surface area contributed by atoms with Crippen molar-refractivity contribution in [2.75, 3.05) is 11.9 Å². The maximum Gasteiger partial charge on any atom is 0.282 e. The molecule has 0 N–H and O–H groups in total. The summed E-state index contributed by atoms with van der Waals surface area (Å²) in [7, 11) is 1.83. The van der Waals surface area contributed by atoms with Crippen LogP contribution in [-0.2, 0) is 16.1 Å². The Bertz CT molecular complexity index is 1270. The van der Waals surface area contributed by atoms with Gasteiger partial charge in [-0.25, -0.2) is 4.90 Å². The molecule has 0 radical (unpaired) electrons. The molecule has 2 amide bonds. The van der Waals surface area contributed by atoms with Crippen LogP contribution in [0.5, 0.6) is 0 Å². The molecule has 158 valence electrons. The summed E-state index contributed by atoms with van der Waals surface area (Å²) in [5.41, 5.74) is 5.61. The van der Waals surface area contributed by atoms with Gasteiger partial charge in [0.2, 0.25) is 0 Å². The van der Waals surface area contributed by atoms with E-state index in [4.69, 9.17) is 5.26 Å². The minimum Gasteiger partial charge on any atom is -0.365 e. The number of carbonyl (C=O) groups is 2. The third-order valence-electron chi connectivity index (χ3n) is 5.75. The van der Waals surface area contributed by atoms with Crippen LogP contribution in [0.2, 0.25) is 0 Å². The smallest absolute Gasteiger partial charge is 0.282 e. The van der Waals surface area contributed by atoms with E-state index in [0.29, 0.717) is 29.1 Å². The van der Waals surface area contributed by atoms with Gasteiger partial charge in [0.1, 0.15) is 5.70 Å². The van der Waals surface area contributed by atoms with Gasteiger partial charge in [0.15, 0.2) is 0 Å². The average molecular weight is 422 g/mol. The van der Waals surface area contributed by atoms with Crippen molar-refractivity contribution in [2.24, 2.45) is 0 Å². The van der Waals surface area contributed by atoms with E-state index in [1.54, 1.807) is 24.3 Å². The molecule has 0 spiro atoms. The summed E-state index contributed by atoms with van der Waals surface area (Å²) in [6, 6.07) is 24.2. The monoisotopic (exact) mass is 421 g/mol. The molecular formula is C27H23N3O2. The van der Waals surface area contributed by atoms with E-state index in [1.165, 1.54) is 4.90 Å². The molecular weight excluding hydrogens is 398 g/mol. The SMILES string of the molecule is Cc1ccc(C2=C(N(C)Cc3ccccc3)C(=O)N(c3ccc(C#N)cc3)C2=O)cc1C. The van der Waals surface area contributed by atoms with Gasteiger partial charge in [-0.3, -0.25) is 9.59 Å². The number of amides is 2. The molecule has 1 heterocycles. The van der Waals surface area contributed by atoms with Crippen LogP contribution in [0.1, 0.15) is 27.8 Å². The molecule has 4 rings (SSSR count). The molecule has 0 unspecified atom stereocenters. The Balaban J connectivity index is 1.81. The average Bonchev–Trinajstić information content (AvgIpc) is 3.06. The Labute approximate surface area is 187 Å². The number of imide groups is 1. The highest BCUT2D eigenvalue weighted by molar-refractivity contribution is 6.45. The van der Waals surface area contributed by atoms with Gasteiger partial charge in [-0.15, -0.1) is 0 Å². The van der Waals surface area contributed by atoms with Gasteiger partial charge in [0, 0.05) is 13.6 Å². The Morgan fingerprint density at radius 3 is 2.19 bits per heavy atom. The Kier molecular flexibility index (Phi) is 5.61. The Morgan fingerprint density at radius 1 is 0.875 bits per heavy atom. The number of likely N-dealkylation sites (N-methyl/N-ethyl adjacent to an activating group) is 1. The highest BCUT2D eigenvalue weighted by Gasteiger charge is 2.41. The van der Waals surface area contributed by atoms with Crippen LogP contribution in [0.3, 0.4) is 0 Å². The Morgan fingerprint density at radius 2 is 1.56 bits per heavy atom. The predicted molar refractivity (Wildman–Crippen MR) is 124 cm³/mol. The van der Waals surface area contributed by atoms with E-state index in [9.17, 15) is 9.59 Å². The maximum absolute atomic E-state index is 13.6. The van der Waals surface area contributed by atoms with E-state index in [2.05, 4.69) is 6.07 Å². The zero-order valence-corrected chi connectivity index (χ0v) is 18.3. The molecule has 3 aromatic carbocycles. The van der Waals surface area contributed by atoms with Crippen molar-refractivity contribution in [3.8, 4) is 6.07 Å². The lowest BCUT2D eigenvalue weighted by atomic mass is 9.99. The van der Waals surface area contributed by atoms with Gasteiger partial charge < -0.3 is 4.90 Å². The number of hydrogen-bond donors (Lipinski definition) is 0. The van der Waals surface area contributed by atoms with E-state index < -0.39 is 0 Å². The van der Waals surface area contributed by atoms with Crippen molar-refractivity contribution < 1.29 is 9.59 Å². The number of rotatable bonds is 5. The zero-order chi connectivity index (χ0) is 22.8. The van der Waals surface area contributed by atoms with Crippen LogP contribution in [0.15, 0.2) is 78.5 Å². The minimum atomic E-state index is -0.369. The summed E-state index contributed by atoms with van der Waals surface area (Å²) in [6.07, 6.45) is 0. The lowest BCUT2D eigenvalue weighted by Gasteiger charge is -2.21. The number of hydrogen-bond acceptors (Lipinski definition) is 4. The molecule has 0 bridgehead atoms. The molecule has 1 aliphatic heterocycles. The lowest BCUT2D eigenvalue weighted by Crippen LogP contribution is -2.34. The summed E-state index contributed by atoms with van der Waals surface area (Å²) in [6.45, 7) is 4.50. The summed E-state index contributed by atoms with van der Waals surface area (Å²) in [5.74, 6) is -0.732. The molecule has 0 aromatic heterocycles. The highest BCUT2D eigenvalue weighted by atomic mass is 16.2. The van der Waals surface area contributed by atoms with Gasteiger partial charge in [0.25, 0.3) is 11.8 Å². The largest absolute Gasteiger partial charge is 0.365 e. The number of benzene rings is 3. The number of nitrogens with zero attached hydrogens (tertiary/aromatic N) is 3. The lowest BCUT2D eigenvalue weighted by molar-refractivity contribution is -0.120. The quantitative estimate of drug-likeness (QED) is 0.565. The summed E-state index contributed by atoms with van der Waals surface area (Å²) in [5, 5.41) is 9.08. The molecule has 5 heteroatoms.